The van der Waals surface area contributed by atoms with Gasteiger partial charge in [0.15, 0.2) is 6.10 Å². The van der Waals surface area contributed by atoms with Crippen molar-refractivity contribution in [2.75, 3.05) is 26.4 Å². The Labute approximate surface area is 297 Å². The number of hydrogen-bond acceptors (Lipinski definition) is 9. The number of hydrogen-bond donors (Lipinski definition) is 3. The van der Waals surface area contributed by atoms with Crippen LogP contribution < -0.4 is 5.32 Å². The van der Waals surface area contributed by atoms with E-state index in [4.69, 9.17) is 25.8 Å². The van der Waals surface area contributed by atoms with Gasteiger partial charge in [-0.25, -0.2) is 4.79 Å². The van der Waals surface area contributed by atoms with Crippen LogP contribution >= 0.6 is 11.6 Å². The van der Waals surface area contributed by atoms with E-state index in [2.05, 4.69) is 10.1 Å². The minimum absolute atomic E-state index is 0.00872. The zero-order chi connectivity index (χ0) is 36.1. The number of rotatable bonds is 18. The molecule has 4 aromatic carbocycles. The number of halogens is 1. The highest BCUT2D eigenvalue weighted by Crippen LogP contribution is 2.23. The fourth-order valence-electron chi connectivity index (χ4n) is 4.66. The van der Waals surface area contributed by atoms with Gasteiger partial charge in [0, 0.05) is 5.02 Å². The first-order chi connectivity index (χ1) is 24.2. The highest BCUT2D eigenvalue weighted by Gasteiger charge is 2.28. The normalized spacial score (nSPS) is 12.5. The molecule has 0 amide bonds. The number of carboxylic acids is 1. The molecule has 0 radical (unpaired) electrons. The lowest BCUT2D eigenvalue weighted by Crippen LogP contribution is -2.51. The van der Waals surface area contributed by atoms with E-state index in [9.17, 15) is 24.6 Å². The molecule has 4 rings (SSSR count). The molecule has 0 aliphatic carbocycles. The lowest BCUT2D eigenvalue weighted by atomic mass is 10.0. The second-order valence-electron chi connectivity index (χ2n) is 11.0. The number of nitrogens with one attached hydrogen (secondary N) is 1. The molecule has 0 aliphatic heterocycles. The molecule has 3 atom stereocenters. The van der Waals surface area contributed by atoms with E-state index >= 15 is 0 Å². The maximum atomic E-state index is 12.5. The Balaban J connectivity index is 0.000000354. The summed E-state index contributed by atoms with van der Waals surface area (Å²) in [6.45, 7) is 4.47. The van der Waals surface area contributed by atoms with E-state index in [1.54, 1.807) is 13.8 Å². The van der Waals surface area contributed by atoms with Crippen LogP contribution in [0.5, 0.6) is 0 Å². The first kappa shape index (κ1) is 39.9. The topological polar surface area (TPSA) is 141 Å². The molecule has 0 spiro atoms. The van der Waals surface area contributed by atoms with Gasteiger partial charge in [-0.3, -0.25) is 14.9 Å². The Morgan fingerprint density at radius 1 is 0.660 bits per heavy atom. The zero-order valence-corrected chi connectivity index (χ0v) is 29.0. The van der Waals surface area contributed by atoms with E-state index in [-0.39, 0.29) is 32.8 Å². The van der Waals surface area contributed by atoms with Crippen LogP contribution in [-0.4, -0.2) is 72.7 Å². The van der Waals surface area contributed by atoms with Crippen molar-refractivity contribution in [3.05, 3.63) is 131 Å². The lowest BCUT2D eigenvalue weighted by Gasteiger charge is -2.22. The summed E-state index contributed by atoms with van der Waals surface area (Å²) < 4.78 is 20.6. The van der Waals surface area contributed by atoms with Crippen molar-refractivity contribution in [1.82, 2.24) is 5.32 Å². The molecule has 50 heavy (non-hydrogen) atoms. The molecule has 0 aromatic heterocycles. The van der Waals surface area contributed by atoms with Gasteiger partial charge in [0.05, 0.1) is 39.6 Å². The number of aliphatic hydroxyl groups excluding tert-OH is 1. The molecule has 11 heteroatoms. The van der Waals surface area contributed by atoms with Crippen LogP contribution in [0.4, 0.5) is 0 Å². The largest absolute Gasteiger partial charge is 0.480 e. The van der Waals surface area contributed by atoms with Gasteiger partial charge in [-0.15, -0.1) is 0 Å². The number of esters is 2. The number of carbonyl (C=O) groups excluding carboxylic acids is 2. The van der Waals surface area contributed by atoms with Crippen LogP contribution in [0.25, 0.3) is 11.1 Å². The molecule has 0 aliphatic rings. The molecular formula is C39H44ClNO9. The Morgan fingerprint density at radius 3 is 1.76 bits per heavy atom. The molecule has 0 saturated heterocycles. The number of carbonyl (C=O) groups is 3. The van der Waals surface area contributed by atoms with Crippen molar-refractivity contribution in [2.45, 2.75) is 51.7 Å². The molecule has 0 fully saturated rings. The average molecular weight is 706 g/mol. The zero-order valence-electron chi connectivity index (χ0n) is 28.2. The van der Waals surface area contributed by atoms with Gasteiger partial charge in [-0.2, -0.15) is 0 Å². The highest BCUT2D eigenvalue weighted by atomic mass is 35.5. The van der Waals surface area contributed by atoms with Gasteiger partial charge in [0.2, 0.25) is 0 Å². The van der Waals surface area contributed by atoms with Crippen LogP contribution in [-0.2, 0) is 53.0 Å². The quantitative estimate of drug-likeness (QED) is 0.108. The standard InChI is InChI=1S/C27H28ClNO5.C12H16O4/c1-2-34-27(32)25(18-33-17-20-7-4-3-5-8-20)29-24(26(30)31)15-19-11-13-21(14-12-19)22-9-6-10-23(28)16-22;1-2-16-12(14)11(13)9-15-8-10-6-4-3-5-7-10/h3-14,16,24-25,29H,2,15,17-18H2,1H3,(H,30,31);3-7,11,13H,2,8-9H2,1H3/t24-,25-;11-/m01/s1. The third kappa shape index (κ3) is 14.5. The molecule has 0 bridgehead atoms. The summed E-state index contributed by atoms with van der Waals surface area (Å²) in [5.41, 5.74) is 4.73. The van der Waals surface area contributed by atoms with Crippen LogP contribution in [0, 0.1) is 0 Å². The smallest absolute Gasteiger partial charge is 0.337 e. The van der Waals surface area contributed by atoms with Gasteiger partial charge in [0.25, 0.3) is 0 Å². The maximum absolute atomic E-state index is 12.5. The third-order valence-electron chi connectivity index (χ3n) is 7.17. The Hall–Kier alpha value is -4.58. The molecule has 4 aromatic rings. The fourth-order valence-corrected chi connectivity index (χ4v) is 4.85. The SMILES string of the molecule is CCOC(=O)[C@H](COCc1ccccc1)N[C@@H](Cc1ccc(-c2cccc(Cl)c2)cc1)C(=O)O.CCOC(=O)[C@H](O)COCc1ccccc1. The summed E-state index contributed by atoms with van der Waals surface area (Å²) in [5.74, 6) is -2.25. The van der Waals surface area contributed by atoms with Gasteiger partial charge >= 0.3 is 17.9 Å². The number of benzene rings is 4. The lowest BCUT2D eigenvalue weighted by molar-refractivity contribution is -0.156. The number of ether oxygens (including phenoxy) is 4. The van der Waals surface area contributed by atoms with E-state index in [0.29, 0.717) is 18.2 Å². The molecule has 266 valence electrons. The Kier molecular flexibility index (Phi) is 17.7. The summed E-state index contributed by atoms with van der Waals surface area (Å²) in [6.07, 6.45) is -1.01. The summed E-state index contributed by atoms with van der Waals surface area (Å²) in [7, 11) is 0. The van der Waals surface area contributed by atoms with Crippen LogP contribution in [0.1, 0.15) is 30.5 Å². The molecule has 3 N–H and O–H groups in total. The molecule has 0 unspecified atom stereocenters. The van der Waals surface area contributed by atoms with Crippen molar-refractivity contribution in [2.24, 2.45) is 0 Å². The predicted molar refractivity (Wildman–Crippen MR) is 190 cm³/mol. The number of aliphatic hydroxyl groups is 1. The summed E-state index contributed by atoms with van der Waals surface area (Å²) >= 11 is 6.08. The van der Waals surface area contributed by atoms with Gasteiger partial charge in [-0.05, 0) is 60.2 Å². The highest BCUT2D eigenvalue weighted by molar-refractivity contribution is 6.30. The van der Waals surface area contributed by atoms with Crippen LogP contribution in [0.15, 0.2) is 109 Å². The van der Waals surface area contributed by atoms with E-state index in [0.717, 1.165) is 27.8 Å². The molecule has 0 heterocycles. The summed E-state index contributed by atoms with van der Waals surface area (Å²) in [6, 6.07) is 32.3. The summed E-state index contributed by atoms with van der Waals surface area (Å²) in [4.78, 5) is 35.5. The van der Waals surface area contributed by atoms with Crippen LogP contribution in [0.2, 0.25) is 5.02 Å². The van der Waals surface area contributed by atoms with Crippen LogP contribution in [0.3, 0.4) is 0 Å². The summed E-state index contributed by atoms with van der Waals surface area (Å²) in [5, 5.41) is 22.7. The third-order valence-corrected chi connectivity index (χ3v) is 7.40. The van der Waals surface area contributed by atoms with E-state index in [1.165, 1.54) is 0 Å². The maximum Gasteiger partial charge on any atom is 0.337 e. The van der Waals surface area contributed by atoms with Gasteiger partial charge in [0.1, 0.15) is 12.1 Å². The van der Waals surface area contributed by atoms with Gasteiger partial charge < -0.3 is 29.2 Å². The molecule has 10 nitrogen and oxygen atoms in total. The minimum Gasteiger partial charge on any atom is -0.480 e. The number of aliphatic carboxylic acids is 1. The van der Waals surface area contributed by atoms with Crippen molar-refractivity contribution < 1.29 is 43.5 Å². The Bertz CT molecular complexity index is 1590. The van der Waals surface area contributed by atoms with Crippen molar-refractivity contribution in [3.63, 3.8) is 0 Å². The monoisotopic (exact) mass is 705 g/mol. The fraction of sp³-hybridized carbons (Fsp3) is 0.308. The number of carboxylic acid groups (broad SMARTS) is 1. The molecular weight excluding hydrogens is 662 g/mol. The van der Waals surface area contributed by atoms with Crippen molar-refractivity contribution >= 4 is 29.5 Å². The Morgan fingerprint density at radius 2 is 1.22 bits per heavy atom. The van der Waals surface area contributed by atoms with Gasteiger partial charge in [-0.1, -0.05) is 109 Å². The van der Waals surface area contributed by atoms with Crippen molar-refractivity contribution in [1.29, 1.82) is 0 Å². The van der Waals surface area contributed by atoms with Crippen molar-refractivity contribution in [3.8, 4) is 11.1 Å². The first-order valence-corrected chi connectivity index (χ1v) is 16.7. The average Bonchev–Trinajstić information content (AvgIpc) is 3.12. The molecule has 0 saturated carbocycles. The first-order valence-electron chi connectivity index (χ1n) is 16.3. The second-order valence-corrected chi connectivity index (χ2v) is 11.5. The minimum atomic E-state index is -1.20. The predicted octanol–water partition coefficient (Wildman–Crippen LogP) is 5.87. The van der Waals surface area contributed by atoms with E-state index < -0.39 is 36.1 Å². The second kappa shape index (κ2) is 22.2. The van der Waals surface area contributed by atoms with E-state index in [1.807, 2.05) is 109 Å².